The number of Topliss-reactive ketones (excluding diaryl/α,β-unsaturated/α-hetero) is 3. The fraction of sp³-hybridized carbons (Fsp3) is 0.127. The molecule has 0 atom stereocenters. The van der Waals surface area contributed by atoms with Crippen LogP contribution in [-0.4, -0.2) is 38.7 Å². The van der Waals surface area contributed by atoms with Crippen molar-refractivity contribution in [1.82, 2.24) is 0 Å². The highest BCUT2D eigenvalue weighted by molar-refractivity contribution is 6.31. The normalized spacial score (nSPS) is 11.8. The van der Waals surface area contributed by atoms with Crippen molar-refractivity contribution in [1.29, 1.82) is 0 Å². The van der Waals surface area contributed by atoms with Crippen molar-refractivity contribution < 1.29 is 28.6 Å². The lowest BCUT2D eigenvalue weighted by Gasteiger charge is -2.32. The third-order valence-corrected chi connectivity index (χ3v) is 21.2. The maximum atomic E-state index is 12.8. The van der Waals surface area contributed by atoms with Gasteiger partial charge in [0.2, 0.25) is 0 Å². The van der Waals surface area contributed by atoms with E-state index in [0.717, 1.165) is 112 Å². The zero-order valence-corrected chi connectivity index (χ0v) is 65.3. The van der Waals surface area contributed by atoms with Crippen molar-refractivity contribution >= 4 is 128 Å². The number of benzene rings is 15. The molecule has 550 valence electrons. The monoisotopic (exact) mass is 1450 g/mol. The van der Waals surface area contributed by atoms with Gasteiger partial charge in [-0.3, -0.25) is 14.4 Å². The van der Waals surface area contributed by atoms with Crippen LogP contribution in [0.1, 0.15) is 80.5 Å². The summed E-state index contributed by atoms with van der Waals surface area (Å²) < 4.78 is 16.4. The van der Waals surface area contributed by atoms with Crippen LogP contribution in [0.15, 0.2) is 333 Å². The Balaban J connectivity index is 0.000000147. The van der Waals surface area contributed by atoms with Gasteiger partial charge in [-0.15, -0.1) is 0 Å². The highest BCUT2D eigenvalue weighted by Gasteiger charge is 2.28. The van der Waals surface area contributed by atoms with Gasteiger partial charge < -0.3 is 28.9 Å². The van der Waals surface area contributed by atoms with Gasteiger partial charge >= 0.3 is 0 Å². The highest BCUT2D eigenvalue weighted by Crippen LogP contribution is 2.49. The fourth-order valence-corrected chi connectivity index (χ4v) is 15.4. The van der Waals surface area contributed by atoms with Crippen LogP contribution < -0.4 is 14.7 Å². The summed E-state index contributed by atoms with van der Waals surface area (Å²) in [5.74, 6) is 1.87. The van der Waals surface area contributed by atoms with Gasteiger partial charge in [-0.2, -0.15) is 0 Å². The molecule has 0 saturated heterocycles. The Labute approximate surface area is 652 Å². The van der Waals surface area contributed by atoms with E-state index in [0.29, 0.717) is 34.0 Å². The lowest BCUT2D eigenvalue weighted by atomic mass is 9.85. The minimum absolute atomic E-state index is 0.00789. The first kappa shape index (κ1) is 75.8. The number of ether oxygens (including phenoxy) is 3. The van der Waals surface area contributed by atoms with Gasteiger partial charge in [0.1, 0.15) is 17.3 Å². The summed E-state index contributed by atoms with van der Waals surface area (Å²) in [5, 5.41) is 9.27. The molecule has 15 aromatic rings. The Morgan fingerprint density at radius 2 is 0.613 bits per heavy atom. The van der Waals surface area contributed by atoms with Crippen LogP contribution in [0, 0.1) is 27.7 Å². The first-order chi connectivity index (χ1) is 53.9. The summed E-state index contributed by atoms with van der Waals surface area (Å²) in [6, 6.07) is 110. The topological polar surface area (TPSA) is 88.6 Å². The van der Waals surface area contributed by atoms with Gasteiger partial charge in [0.25, 0.3) is 0 Å². The first-order valence-corrected chi connectivity index (χ1v) is 37.4. The van der Waals surface area contributed by atoms with E-state index in [1.54, 1.807) is 42.1 Å². The molecule has 0 saturated carbocycles. The standard InChI is InChI=1S/C38H29NO2.C34H35NO2.C30H27NO2/c1-24(40)36(25(2)41-3)31-20-16-27-18-22-33-35(23-19-28-17-21-32(31)37(27)38(28)33)39(29-12-5-4-6-13-29)34-15-9-11-26-10-7-8-14-30(26)34;1-22-24(3)34(25(4)23(2)32(22)33(26(5)36)27(6)37-7)35(30-16-12-9-13-17-30)31-20-18-29(19-21-31)28-14-10-8-11-15-28;1-22(32)30(23(2)33-3)26-16-20-29(21-17-26)31(27-12-8-5-9-13-27)28-18-14-25(15-19-28)24-10-6-4-7-11-24/h4-23H,1-3H3;8-21H,1-7H3;4-21H,1-3H3/b36-25+;33-27+;30-23+. The largest absolute Gasteiger partial charge is 0.501 e. The molecule has 0 aliphatic heterocycles. The Morgan fingerprint density at radius 1 is 0.261 bits per heavy atom. The van der Waals surface area contributed by atoms with Gasteiger partial charge in [0.05, 0.1) is 55.1 Å². The van der Waals surface area contributed by atoms with E-state index in [2.05, 4.69) is 291 Å². The number of hydrogen-bond donors (Lipinski definition) is 0. The number of hydrogen-bond acceptors (Lipinski definition) is 9. The number of rotatable bonds is 20. The predicted octanol–water partition coefficient (Wildman–Crippen LogP) is 27.0. The van der Waals surface area contributed by atoms with Gasteiger partial charge in [0, 0.05) is 44.9 Å². The van der Waals surface area contributed by atoms with E-state index in [4.69, 9.17) is 14.2 Å². The molecule has 0 aliphatic carbocycles. The molecule has 0 bridgehead atoms. The minimum atomic E-state index is -0.0153. The lowest BCUT2D eigenvalue weighted by molar-refractivity contribution is -0.112. The molecule has 9 nitrogen and oxygen atoms in total. The molecule has 0 unspecified atom stereocenters. The molecule has 0 aromatic heterocycles. The van der Waals surface area contributed by atoms with Crippen molar-refractivity contribution in [2.45, 2.75) is 69.2 Å². The minimum Gasteiger partial charge on any atom is -0.501 e. The lowest BCUT2D eigenvalue weighted by Crippen LogP contribution is -2.16. The number of fused-ring (bicyclic) bond motifs is 1. The number of anilines is 9. The van der Waals surface area contributed by atoms with E-state index in [1.807, 2.05) is 87.5 Å². The summed E-state index contributed by atoms with van der Waals surface area (Å²) in [6.45, 7) is 18.8. The Bertz CT molecular complexity index is 5940. The van der Waals surface area contributed by atoms with E-state index >= 15 is 0 Å². The molecule has 0 spiro atoms. The Hall–Kier alpha value is -13.4. The molecule has 15 rings (SSSR count). The Morgan fingerprint density at radius 3 is 1.10 bits per heavy atom. The average molecular weight is 1450 g/mol. The number of allylic oxidation sites excluding steroid dienone is 6. The second kappa shape index (κ2) is 33.8. The van der Waals surface area contributed by atoms with Crippen molar-refractivity contribution in [3.05, 3.63) is 372 Å². The number of para-hydroxylation sites is 3. The van der Waals surface area contributed by atoms with E-state index in [9.17, 15) is 14.4 Å². The number of methoxy groups -OCH3 is 3. The molecule has 0 radical (unpaired) electrons. The van der Waals surface area contributed by atoms with Crippen LogP contribution in [0.3, 0.4) is 0 Å². The molecular formula is C102H91N3O6. The second-order valence-electron chi connectivity index (χ2n) is 27.8. The summed E-state index contributed by atoms with van der Waals surface area (Å²) in [5.41, 5.74) is 23.5. The molecule has 0 aliphatic rings. The smallest absolute Gasteiger partial charge is 0.163 e. The molecule has 0 N–H and O–H groups in total. The average Bonchev–Trinajstić information content (AvgIpc) is 0.721. The quantitative estimate of drug-likeness (QED) is 0.0420. The maximum absolute atomic E-state index is 12.8. The van der Waals surface area contributed by atoms with Crippen molar-refractivity contribution in [3.63, 3.8) is 0 Å². The van der Waals surface area contributed by atoms with E-state index in [1.165, 1.54) is 43.8 Å². The molecule has 0 fully saturated rings. The van der Waals surface area contributed by atoms with Crippen LogP contribution in [0.5, 0.6) is 0 Å². The van der Waals surface area contributed by atoms with E-state index in [-0.39, 0.29) is 17.3 Å². The predicted molar refractivity (Wildman–Crippen MR) is 465 cm³/mol. The third-order valence-electron chi connectivity index (χ3n) is 21.2. The fourth-order valence-electron chi connectivity index (χ4n) is 15.4. The van der Waals surface area contributed by atoms with Gasteiger partial charge in [-0.05, 0) is 248 Å². The van der Waals surface area contributed by atoms with Gasteiger partial charge in [-0.1, -0.05) is 231 Å². The summed E-state index contributed by atoms with van der Waals surface area (Å²) >= 11 is 0. The number of ketones is 3. The molecule has 111 heavy (non-hydrogen) atoms. The molecule has 15 aromatic carbocycles. The van der Waals surface area contributed by atoms with Gasteiger partial charge in [0.15, 0.2) is 17.3 Å². The maximum Gasteiger partial charge on any atom is 0.163 e. The zero-order chi connectivity index (χ0) is 78.0. The van der Waals surface area contributed by atoms with Gasteiger partial charge in [-0.25, -0.2) is 0 Å². The molecular weight excluding hydrogens is 1360 g/mol. The summed E-state index contributed by atoms with van der Waals surface area (Å²) in [7, 11) is 4.82. The molecule has 0 heterocycles. The van der Waals surface area contributed by atoms with Crippen LogP contribution in [0.25, 0.3) is 82.1 Å². The van der Waals surface area contributed by atoms with Crippen LogP contribution in [0.2, 0.25) is 0 Å². The first-order valence-electron chi connectivity index (χ1n) is 37.4. The zero-order valence-electron chi connectivity index (χ0n) is 65.3. The summed E-state index contributed by atoms with van der Waals surface area (Å²) in [4.78, 5) is 44.7. The molecule has 0 amide bonds. The van der Waals surface area contributed by atoms with Crippen molar-refractivity contribution in [2.24, 2.45) is 0 Å². The van der Waals surface area contributed by atoms with E-state index < -0.39 is 0 Å². The molecule has 9 heteroatoms. The third kappa shape index (κ3) is 15.6. The number of carbonyl (C=O) groups is 3. The van der Waals surface area contributed by atoms with Crippen LogP contribution >= 0.6 is 0 Å². The van der Waals surface area contributed by atoms with Crippen LogP contribution in [-0.2, 0) is 28.6 Å². The second-order valence-corrected chi connectivity index (χ2v) is 27.8. The Kier molecular flexibility index (Phi) is 23.1. The van der Waals surface area contributed by atoms with Crippen LogP contribution in [0.4, 0.5) is 51.2 Å². The highest BCUT2D eigenvalue weighted by atomic mass is 16.5. The number of nitrogens with zero attached hydrogens (tertiary/aromatic N) is 3. The SMILES string of the molecule is CO/C(C)=C(\C(C)=O)c1c(C)c(C)c(N(c2ccccc2)c2ccc(-c3ccccc3)cc2)c(C)c1C.CO/C(C)=C(\C(C)=O)c1ccc(N(c2ccccc2)c2ccc(-c3ccccc3)cc2)cc1.CO/C(C)=C(\C(C)=O)c1ccc2ccc3c(N(c4ccccc4)c4cccc5ccccc45)ccc4ccc1c2c43. The van der Waals surface area contributed by atoms with Crippen molar-refractivity contribution in [3.8, 4) is 22.3 Å². The number of carbonyl (C=O) groups excluding carboxylic acids is 3. The van der Waals surface area contributed by atoms with Crippen molar-refractivity contribution in [2.75, 3.05) is 36.0 Å². The summed E-state index contributed by atoms with van der Waals surface area (Å²) in [6.07, 6.45) is 0.